The number of carbonyl (C=O) groups is 4. The number of carboxylic acids is 1. The zero-order chi connectivity index (χ0) is 24.2. The van der Waals surface area contributed by atoms with Crippen molar-refractivity contribution in [3.8, 4) is 0 Å². The van der Waals surface area contributed by atoms with E-state index in [9.17, 15) is 24.3 Å². The molecule has 182 valence electrons. The van der Waals surface area contributed by atoms with Crippen LogP contribution in [-0.2, 0) is 25.6 Å². The van der Waals surface area contributed by atoms with E-state index in [1.54, 1.807) is 11.1 Å². The maximum Gasteiger partial charge on any atom is 0.326 e. The van der Waals surface area contributed by atoms with Gasteiger partial charge in [0.1, 0.15) is 18.1 Å². The maximum atomic E-state index is 12.9. The number of hydrogen-bond acceptors (Lipinski definition) is 5. The van der Waals surface area contributed by atoms with E-state index < -0.39 is 35.9 Å². The molecule has 10 nitrogen and oxygen atoms in total. The lowest BCUT2D eigenvalue weighted by molar-refractivity contribution is -0.143. The summed E-state index contributed by atoms with van der Waals surface area (Å²) in [4.78, 5) is 54.9. The molecular weight excluding hydrogens is 438 g/mol. The van der Waals surface area contributed by atoms with Gasteiger partial charge >= 0.3 is 5.97 Å². The van der Waals surface area contributed by atoms with E-state index in [0.717, 1.165) is 42.3 Å². The molecule has 34 heavy (non-hydrogen) atoms. The molecule has 4 rings (SSSR count). The molecule has 1 aromatic heterocycles. The number of carboxylic acid groups (broad SMARTS) is 1. The highest BCUT2D eigenvalue weighted by molar-refractivity contribution is 5.94. The van der Waals surface area contributed by atoms with Gasteiger partial charge in [-0.3, -0.25) is 14.4 Å². The predicted molar refractivity (Wildman–Crippen MR) is 125 cm³/mol. The number of H-pyrrole nitrogens is 1. The van der Waals surface area contributed by atoms with Crippen LogP contribution in [0.3, 0.4) is 0 Å². The van der Waals surface area contributed by atoms with E-state index >= 15 is 0 Å². The normalized spacial score (nSPS) is 21.9. The summed E-state index contributed by atoms with van der Waals surface area (Å²) < 4.78 is 0. The molecule has 4 unspecified atom stereocenters. The standard InChI is InChI=1S/C24H31N5O5/c1-14(27-22(31)20-9-5-11-29(20)23(32)18-8-4-10-25-18)21(30)28-19(24(33)34)12-15-13-26-17-7-3-2-6-16(15)17/h2-3,6-7,13-14,18-20,25-26H,4-5,8-12H2,1H3,(H,27,31)(H,28,30)(H,33,34). The first-order valence-corrected chi connectivity index (χ1v) is 11.8. The molecule has 0 radical (unpaired) electrons. The molecule has 4 atom stereocenters. The van der Waals surface area contributed by atoms with Crippen LogP contribution < -0.4 is 16.0 Å². The number of nitrogens with zero attached hydrogens (tertiary/aromatic N) is 1. The summed E-state index contributed by atoms with van der Waals surface area (Å²) in [5.74, 6) is -2.21. The van der Waals surface area contributed by atoms with Crippen LogP contribution in [0.25, 0.3) is 10.9 Å². The lowest BCUT2D eigenvalue weighted by atomic mass is 10.0. The van der Waals surface area contributed by atoms with Gasteiger partial charge in [-0.05, 0) is 50.8 Å². The van der Waals surface area contributed by atoms with Crippen LogP contribution in [0.4, 0.5) is 0 Å². The van der Waals surface area contributed by atoms with Gasteiger partial charge < -0.3 is 30.9 Å². The minimum atomic E-state index is -1.16. The molecule has 1 aromatic carbocycles. The number of aromatic nitrogens is 1. The van der Waals surface area contributed by atoms with Gasteiger partial charge in [0.2, 0.25) is 17.7 Å². The van der Waals surface area contributed by atoms with Crippen molar-refractivity contribution in [2.75, 3.05) is 13.1 Å². The second kappa shape index (κ2) is 10.3. The third kappa shape index (κ3) is 5.06. The lowest BCUT2D eigenvalue weighted by Gasteiger charge is -2.28. The van der Waals surface area contributed by atoms with Crippen LogP contribution in [0.2, 0.25) is 0 Å². The fourth-order valence-electron chi connectivity index (χ4n) is 4.79. The second-order valence-corrected chi connectivity index (χ2v) is 9.03. The number of carbonyl (C=O) groups excluding carboxylic acids is 3. The molecular formula is C24H31N5O5. The first-order valence-electron chi connectivity index (χ1n) is 11.8. The average molecular weight is 470 g/mol. The van der Waals surface area contributed by atoms with Gasteiger partial charge in [-0.1, -0.05) is 18.2 Å². The average Bonchev–Trinajstić information content (AvgIpc) is 3.59. The Labute approximate surface area is 197 Å². The number of hydrogen-bond donors (Lipinski definition) is 5. The van der Waals surface area contributed by atoms with E-state index in [1.165, 1.54) is 6.92 Å². The Bertz CT molecular complexity index is 1080. The summed E-state index contributed by atoms with van der Waals surface area (Å²) in [6.07, 6.45) is 4.80. The fourth-order valence-corrected chi connectivity index (χ4v) is 4.79. The van der Waals surface area contributed by atoms with Crippen molar-refractivity contribution >= 4 is 34.6 Å². The molecule has 5 N–H and O–H groups in total. The largest absolute Gasteiger partial charge is 0.480 e. The molecule has 3 heterocycles. The van der Waals surface area contributed by atoms with E-state index in [-0.39, 0.29) is 18.4 Å². The minimum Gasteiger partial charge on any atom is -0.480 e. The highest BCUT2D eigenvalue weighted by Crippen LogP contribution is 2.21. The summed E-state index contributed by atoms with van der Waals surface area (Å²) in [7, 11) is 0. The number of amides is 3. The highest BCUT2D eigenvalue weighted by Gasteiger charge is 2.38. The Morgan fingerprint density at radius 2 is 1.94 bits per heavy atom. The number of aliphatic carboxylic acids is 1. The van der Waals surface area contributed by atoms with Crippen molar-refractivity contribution in [2.45, 2.75) is 63.2 Å². The van der Waals surface area contributed by atoms with Crippen LogP contribution in [0.15, 0.2) is 30.5 Å². The van der Waals surface area contributed by atoms with Crippen LogP contribution >= 0.6 is 0 Å². The number of fused-ring (bicyclic) bond motifs is 1. The molecule has 2 aromatic rings. The first-order chi connectivity index (χ1) is 16.3. The lowest BCUT2D eigenvalue weighted by Crippen LogP contribution is -2.56. The zero-order valence-corrected chi connectivity index (χ0v) is 19.2. The van der Waals surface area contributed by atoms with Crippen molar-refractivity contribution in [1.29, 1.82) is 0 Å². The summed E-state index contributed by atoms with van der Waals surface area (Å²) in [6, 6.07) is 4.56. The molecule has 2 fully saturated rings. The molecule has 10 heteroatoms. The minimum absolute atomic E-state index is 0.0723. The van der Waals surface area contributed by atoms with Gasteiger partial charge in [0.05, 0.1) is 6.04 Å². The van der Waals surface area contributed by atoms with Crippen molar-refractivity contribution in [3.63, 3.8) is 0 Å². The third-order valence-corrected chi connectivity index (χ3v) is 6.66. The summed E-state index contributed by atoms with van der Waals surface area (Å²) in [6.45, 7) is 2.82. The van der Waals surface area contributed by atoms with Gasteiger partial charge in [0.25, 0.3) is 0 Å². The van der Waals surface area contributed by atoms with E-state index in [4.69, 9.17) is 0 Å². The molecule has 2 saturated heterocycles. The van der Waals surface area contributed by atoms with Gasteiger partial charge in [0, 0.05) is 30.1 Å². The molecule has 0 saturated carbocycles. The summed E-state index contributed by atoms with van der Waals surface area (Å²) in [5.41, 5.74) is 1.66. The quantitative estimate of drug-likeness (QED) is 0.382. The highest BCUT2D eigenvalue weighted by atomic mass is 16.4. The SMILES string of the molecule is CC(NC(=O)C1CCCN1C(=O)C1CCCN1)C(=O)NC(Cc1c[nH]c2ccccc12)C(=O)O. The smallest absolute Gasteiger partial charge is 0.326 e. The number of para-hydroxylation sites is 1. The topological polar surface area (TPSA) is 144 Å². The molecule has 2 aliphatic heterocycles. The fraction of sp³-hybridized carbons (Fsp3) is 0.500. The van der Waals surface area contributed by atoms with Crippen LogP contribution in [0.5, 0.6) is 0 Å². The van der Waals surface area contributed by atoms with Gasteiger partial charge in [-0.25, -0.2) is 4.79 Å². The Balaban J connectivity index is 1.35. The van der Waals surface area contributed by atoms with Crippen molar-refractivity contribution in [2.24, 2.45) is 0 Å². The molecule has 3 amide bonds. The molecule has 0 spiro atoms. The predicted octanol–water partition coefficient (Wildman–Crippen LogP) is 0.528. The van der Waals surface area contributed by atoms with E-state index in [2.05, 4.69) is 20.9 Å². The van der Waals surface area contributed by atoms with Crippen molar-refractivity contribution in [3.05, 3.63) is 36.0 Å². The summed E-state index contributed by atoms with van der Waals surface area (Å²) >= 11 is 0. The van der Waals surface area contributed by atoms with Gasteiger partial charge in [0.15, 0.2) is 0 Å². The monoisotopic (exact) mass is 469 g/mol. The third-order valence-electron chi connectivity index (χ3n) is 6.66. The number of aromatic amines is 1. The van der Waals surface area contributed by atoms with E-state index in [1.807, 2.05) is 24.3 Å². The number of rotatable bonds is 8. The Hall–Kier alpha value is -3.40. The van der Waals surface area contributed by atoms with Crippen LogP contribution in [0.1, 0.15) is 38.2 Å². The molecule has 2 aliphatic rings. The molecule has 0 bridgehead atoms. The van der Waals surface area contributed by atoms with Gasteiger partial charge in [-0.2, -0.15) is 0 Å². The maximum absolute atomic E-state index is 12.9. The van der Waals surface area contributed by atoms with Crippen molar-refractivity contribution in [1.82, 2.24) is 25.8 Å². The number of benzene rings is 1. The zero-order valence-electron chi connectivity index (χ0n) is 19.2. The first kappa shape index (κ1) is 23.7. The number of nitrogens with one attached hydrogen (secondary N) is 4. The van der Waals surface area contributed by atoms with Gasteiger partial charge in [-0.15, -0.1) is 0 Å². The Morgan fingerprint density at radius 3 is 2.68 bits per heavy atom. The Morgan fingerprint density at radius 1 is 1.15 bits per heavy atom. The second-order valence-electron chi connectivity index (χ2n) is 9.03. The van der Waals surface area contributed by atoms with Crippen molar-refractivity contribution < 1.29 is 24.3 Å². The number of likely N-dealkylation sites (tertiary alicyclic amines) is 1. The Kier molecular flexibility index (Phi) is 7.16. The summed E-state index contributed by atoms with van der Waals surface area (Å²) in [5, 5.41) is 18.9. The van der Waals surface area contributed by atoms with E-state index in [0.29, 0.717) is 13.0 Å². The van der Waals surface area contributed by atoms with Crippen LogP contribution in [0, 0.1) is 0 Å². The molecule has 0 aliphatic carbocycles. The van der Waals surface area contributed by atoms with Crippen LogP contribution in [-0.4, -0.2) is 75.9 Å².